The van der Waals surface area contributed by atoms with E-state index < -0.39 is 66.8 Å². The van der Waals surface area contributed by atoms with Gasteiger partial charge >= 0.3 is 5.97 Å². The second kappa shape index (κ2) is 10.4. The van der Waals surface area contributed by atoms with E-state index in [1.165, 1.54) is 14.2 Å². The van der Waals surface area contributed by atoms with Gasteiger partial charge in [-0.3, -0.25) is 4.79 Å². The van der Waals surface area contributed by atoms with Crippen molar-refractivity contribution in [3.8, 4) is 28.7 Å². The van der Waals surface area contributed by atoms with Crippen LogP contribution < -0.4 is 18.9 Å². The molecule has 13 nitrogen and oxygen atoms in total. The molecule has 10 atom stereocenters. The molecule has 3 saturated heterocycles. The molecule has 0 aromatic heterocycles. The van der Waals surface area contributed by atoms with Crippen molar-refractivity contribution in [1.29, 1.82) is 0 Å². The molecule has 0 amide bonds. The predicted molar refractivity (Wildman–Crippen MR) is 138 cm³/mol. The fourth-order valence-electron chi connectivity index (χ4n) is 6.74. The van der Waals surface area contributed by atoms with Gasteiger partial charge in [0.2, 0.25) is 12.5 Å². The molecule has 0 radical (unpaired) electrons. The third-order valence-electron chi connectivity index (χ3n) is 8.75. The van der Waals surface area contributed by atoms with Gasteiger partial charge in [0.05, 0.1) is 39.5 Å². The number of hydrogen-bond acceptors (Lipinski definition) is 13. The van der Waals surface area contributed by atoms with Crippen LogP contribution in [0.25, 0.3) is 0 Å². The van der Waals surface area contributed by atoms with Crippen LogP contribution >= 0.6 is 0 Å². The number of phenolic OH excluding ortho intramolecular Hbond substituents is 1. The summed E-state index contributed by atoms with van der Waals surface area (Å²) in [5.41, 5.74) is 2.01. The van der Waals surface area contributed by atoms with Gasteiger partial charge < -0.3 is 58.0 Å². The fourth-order valence-corrected chi connectivity index (χ4v) is 6.74. The van der Waals surface area contributed by atoms with E-state index in [0.717, 1.165) is 0 Å². The molecule has 4 heterocycles. The zero-order valence-corrected chi connectivity index (χ0v) is 23.1. The van der Waals surface area contributed by atoms with Crippen molar-refractivity contribution < 1.29 is 62.7 Å². The lowest BCUT2D eigenvalue weighted by molar-refractivity contribution is -0.364. The molecule has 42 heavy (non-hydrogen) atoms. The van der Waals surface area contributed by atoms with Gasteiger partial charge in [-0.1, -0.05) is 0 Å². The maximum absolute atomic E-state index is 13.4. The van der Waals surface area contributed by atoms with Crippen molar-refractivity contribution in [2.45, 2.75) is 55.9 Å². The lowest BCUT2D eigenvalue weighted by Gasteiger charge is -2.47. The van der Waals surface area contributed by atoms with Crippen molar-refractivity contribution in [3.63, 3.8) is 0 Å². The minimum absolute atomic E-state index is 0.0301. The zero-order valence-electron chi connectivity index (χ0n) is 23.1. The highest BCUT2D eigenvalue weighted by molar-refractivity contribution is 5.79. The maximum Gasteiger partial charge on any atom is 0.310 e. The molecule has 0 bridgehead atoms. The van der Waals surface area contributed by atoms with E-state index in [4.69, 9.17) is 42.6 Å². The molecule has 0 saturated carbocycles. The summed E-state index contributed by atoms with van der Waals surface area (Å²) in [6.45, 7) is 1.93. The molecule has 3 fully saturated rings. The molecule has 3 N–H and O–H groups in total. The lowest BCUT2D eigenvalue weighted by Crippen LogP contribution is -2.63. The van der Waals surface area contributed by atoms with E-state index in [1.54, 1.807) is 31.2 Å². The highest BCUT2D eigenvalue weighted by Gasteiger charge is 2.56. The van der Waals surface area contributed by atoms with Crippen molar-refractivity contribution in [3.05, 3.63) is 41.0 Å². The number of esters is 1. The molecule has 4 aliphatic heterocycles. The molecule has 1 aliphatic carbocycles. The first kappa shape index (κ1) is 27.5. The standard InChI is InChI=1S/C29H32O13/c1-11-36-9-20-27(40-11)24(31)25(32)29(41-20)42-26-14-7-17-16(38-10-39-17)6-13(14)21(22-15(26)8-37-28(22)33)12-4-18(34-2)23(30)19(5-12)35-3/h4-7,11,15,20-22,24-27,29-32H,8-10H2,1-3H3/t11?,15-,20+,21+,22-,24+,25+,26+,27?,29-/m0/s1. The number of ether oxygens (including phenoxy) is 9. The van der Waals surface area contributed by atoms with Crippen molar-refractivity contribution >= 4 is 5.97 Å². The third-order valence-corrected chi connectivity index (χ3v) is 8.75. The Labute approximate surface area is 240 Å². The Bertz CT molecular complexity index is 1350. The second-order valence-electron chi connectivity index (χ2n) is 11.0. The fraction of sp³-hybridized carbons (Fsp3) is 0.552. The Morgan fingerprint density at radius 3 is 2.26 bits per heavy atom. The van der Waals surface area contributed by atoms with Gasteiger partial charge in [-0.2, -0.15) is 0 Å². The van der Waals surface area contributed by atoms with E-state index in [-0.39, 0.29) is 37.3 Å². The number of carbonyl (C=O) groups is 1. The number of phenols is 1. The molecule has 226 valence electrons. The summed E-state index contributed by atoms with van der Waals surface area (Å²) in [7, 11) is 2.86. The molecule has 2 aromatic carbocycles. The van der Waals surface area contributed by atoms with Crippen LogP contribution in [0, 0.1) is 11.8 Å². The van der Waals surface area contributed by atoms with Crippen LogP contribution in [-0.4, -0.2) is 92.5 Å². The van der Waals surface area contributed by atoms with Crippen LogP contribution in [0.1, 0.15) is 35.6 Å². The summed E-state index contributed by atoms with van der Waals surface area (Å²) in [5.74, 6) is -1.02. The first-order valence-corrected chi connectivity index (χ1v) is 13.8. The van der Waals surface area contributed by atoms with Crippen LogP contribution in [0.3, 0.4) is 0 Å². The highest BCUT2D eigenvalue weighted by Crippen LogP contribution is 2.57. The van der Waals surface area contributed by atoms with Gasteiger partial charge in [0.1, 0.15) is 24.4 Å². The lowest BCUT2D eigenvalue weighted by atomic mass is 9.66. The average molecular weight is 589 g/mol. The smallest absolute Gasteiger partial charge is 0.310 e. The Balaban J connectivity index is 1.32. The van der Waals surface area contributed by atoms with Crippen molar-refractivity contribution in [2.75, 3.05) is 34.2 Å². The summed E-state index contributed by atoms with van der Waals surface area (Å²) in [4.78, 5) is 13.4. The molecule has 2 unspecified atom stereocenters. The number of aliphatic hydroxyl groups is 2. The van der Waals surface area contributed by atoms with Crippen LogP contribution in [0.2, 0.25) is 0 Å². The van der Waals surface area contributed by atoms with E-state index in [0.29, 0.717) is 28.2 Å². The Morgan fingerprint density at radius 1 is 0.881 bits per heavy atom. The number of aromatic hydroxyl groups is 1. The number of cyclic esters (lactones) is 1. The highest BCUT2D eigenvalue weighted by atomic mass is 16.8. The Kier molecular flexibility index (Phi) is 6.83. The largest absolute Gasteiger partial charge is 0.502 e. The van der Waals surface area contributed by atoms with Gasteiger partial charge in [0, 0.05) is 11.8 Å². The minimum Gasteiger partial charge on any atom is -0.502 e. The van der Waals surface area contributed by atoms with Crippen LogP contribution in [-0.2, 0) is 28.5 Å². The molecule has 5 aliphatic rings. The van der Waals surface area contributed by atoms with Gasteiger partial charge in [-0.05, 0) is 47.9 Å². The summed E-state index contributed by atoms with van der Waals surface area (Å²) in [6, 6.07) is 6.93. The number of hydrogen-bond donors (Lipinski definition) is 3. The summed E-state index contributed by atoms with van der Waals surface area (Å²) in [5, 5.41) is 32.5. The van der Waals surface area contributed by atoms with Crippen LogP contribution in [0.4, 0.5) is 0 Å². The van der Waals surface area contributed by atoms with Gasteiger partial charge in [0.15, 0.2) is 35.6 Å². The zero-order chi connectivity index (χ0) is 29.3. The Morgan fingerprint density at radius 2 is 1.57 bits per heavy atom. The number of methoxy groups -OCH3 is 2. The van der Waals surface area contributed by atoms with Crippen LogP contribution in [0.5, 0.6) is 28.7 Å². The molecular weight excluding hydrogens is 556 g/mol. The predicted octanol–water partition coefficient (Wildman–Crippen LogP) is 1.34. The first-order valence-electron chi connectivity index (χ1n) is 13.8. The second-order valence-corrected chi connectivity index (χ2v) is 11.0. The molecule has 13 heteroatoms. The first-order chi connectivity index (χ1) is 20.3. The SMILES string of the molecule is COc1cc([C@@H]2c3cc4c(cc3[C@@H](O[C@@H]3O[C@@H]5COC(C)OC5[C@H](O)[C@H]3O)[C@H]3COC(=O)[C@H]23)OCO4)cc(OC)c1O. The summed E-state index contributed by atoms with van der Waals surface area (Å²) < 4.78 is 51.5. The van der Waals surface area contributed by atoms with Gasteiger partial charge in [0.25, 0.3) is 0 Å². The average Bonchev–Trinajstić information content (AvgIpc) is 3.61. The minimum atomic E-state index is -1.44. The van der Waals surface area contributed by atoms with Crippen molar-refractivity contribution in [1.82, 2.24) is 0 Å². The maximum atomic E-state index is 13.4. The number of rotatable bonds is 5. The summed E-state index contributed by atoms with van der Waals surface area (Å²) >= 11 is 0. The molecular formula is C29H32O13. The summed E-state index contributed by atoms with van der Waals surface area (Å²) in [6.07, 6.45) is -6.80. The molecule has 2 aromatic rings. The van der Waals surface area contributed by atoms with E-state index in [9.17, 15) is 20.1 Å². The van der Waals surface area contributed by atoms with E-state index >= 15 is 0 Å². The van der Waals surface area contributed by atoms with E-state index in [1.807, 2.05) is 0 Å². The van der Waals surface area contributed by atoms with Gasteiger partial charge in [-0.15, -0.1) is 0 Å². The monoisotopic (exact) mass is 588 g/mol. The van der Waals surface area contributed by atoms with E-state index in [2.05, 4.69) is 0 Å². The normalized spacial score (nSPS) is 36.5. The molecule has 7 rings (SSSR count). The number of benzene rings is 2. The number of aliphatic hydroxyl groups excluding tert-OH is 2. The van der Waals surface area contributed by atoms with Gasteiger partial charge in [-0.25, -0.2) is 0 Å². The quantitative estimate of drug-likeness (QED) is 0.430. The topological polar surface area (TPSA) is 161 Å². The van der Waals surface area contributed by atoms with Crippen LogP contribution in [0.15, 0.2) is 24.3 Å². The Hall–Kier alpha value is -3.33. The van der Waals surface area contributed by atoms with Crippen molar-refractivity contribution in [2.24, 2.45) is 11.8 Å². The third kappa shape index (κ3) is 4.26. The number of carbonyl (C=O) groups excluding carboxylic acids is 1. The molecule has 0 spiro atoms. The number of fused-ring (bicyclic) bond motifs is 4.